The van der Waals surface area contributed by atoms with Crippen molar-refractivity contribution in [3.63, 3.8) is 0 Å². The molecule has 1 N–H and O–H groups in total. The Kier molecular flexibility index (Phi) is 4.44. The van der Waals surface area contributed by atoms with E-state index in [1.807, 2.05) is 6.92 Å². The molecule has 1 atom stereocenters. The van der Waals surface area contributed by atoms with Gasteiger partial charge < -0.3 is 5.32 Å². The van der Waals surface area contributed by atoms with Crippen molar-refractivity contribution < 1.29 is 13.2 Å². The van der Waals surface area contributed by atoms with Gasteiger partial charge in [-0.05, 0) is 30.3 Å². The molecule has 20 heavy (non-hydrogen) atoms. The van der Waals surface area contributed by atoms with E-state index in [1.165, 1.54) is 12.1 Å². The molecule has 0 aliphatic heterocycles. The quantitative estimate of drug-likeness (QED) is 0.913. The van der Waals surface area contributed by atoms with Gasteiger partial charge in [-0.25, -0.2) is 0 Å². The summed E-state index contributed by atoms with van der Waals surface area (Å²) in [7, 11) is 0. The van der Waals surface area contributed by atoms with E-state index in [4.69, 9.17) is 0 Å². The summed E-state index contributed by atoms with van der Waals surface area (Å²) < 4.78 is 40.0. The molecule has 0 amide bonds. The first-order valence-electron chi connectivity index (χ1n) is 6.38. The van der Waals surface area contributed by atoms with Gasteiger partial charge in [0.15, 0.2) is 0 Å². The molecule has 3 nitrogen and oxygen atoms in total. The fourth-order valence-corrected chi connectivity index (χ4v) is 2.06. The van der Waals surface area contributed by atoms with Crippen LogP contribution in [0.2, 0.25) is 0 Å². The molecule has 0 bridgehead atoms. The molecule has 1 aromatic carbocycles. The number of alkyl halides is 3. The maximum Gasteiger partial charge on any atom is 0.416 e. The lowest BCUT2D eigenvalue weighted by atomic mass is 10.0. The molecule has 0 radical (unpaired) electrons. The molecule has 1 aromatic heterocycles. The molecule has 6 heteroatoms. The van der Waals surface area contributed by atoms with Gasteiger partial charge in [0, 0.05) is 12.4 Å². The van der Waals surface area contributed by atoms with Crippen LogP contribution in [-0.4, -0.2) is 16.3 Å². The molecule has 1 unspecified atom stereocenters. The zero-order chi connectivity index (χ0) is 14.6. The van der Waals surface area contributed by atoms with Crippen molar-refractivity contribution in [1.29, 1.82) is 0 Å². The van der Waals surface area contributed by atoms with Gasteiger partial charge in [-0.2, -0.15) is 18.3 Å². The Bertz CT molecular complexity index is 535. The molecule has 0 spiro atoms. The van der Waals surface area contributed by atoms with Gasteiger partial charge in [0.1, 0.15) is 0 Å². The Morgan fingerprint density at radius 1 is 1.30 bits per heavy atom. The summed E-state index contributed by atoms with van der Waals surface area (Å²) >= 11 is 0. The Balaban J connectivity index is 2.25. The summed E-state index contributed by atoms with van der Waals surface area (Å²) in [5.41, 5.74) is -0.0180. The second-order valence-corrected chi connectivity index (χ2v) is 4.46. The number of benzene rings is 1. The van der Waals surface area contributed by atoms with Crippen LogP contribution in [0.15, 0.2) is 42.7 Å². The average Bonchev–Trinajstić information content (AvgIpc) is 2.90. The van der Waals surface area contributed by atoms with E-state index in [0.29, 0.717) is 18.7 Å². The normalized spacial score (nSPS) is 13.4. The van der Waals surface area contributed by atoms with Gasteiger partial charge in [0.2, 0.25) is 0 Å². The number of rotatable bonds is 5. The minimum absolute atomic E-state index is 0.206. The highest BCUT2D eigenvalue weighted by molar-refractivity contribution is 5.28. The van der Waals surface area contributed by atoms with E-state index in [9.17, 15) is 13.2 Å². The number of hydrogen-bond acceptors (Lipinski definition) is 2. The van der Waals surface area contributed by atoms with Crippen LogP contribution in [0, 0.1) is 0 Å². The van der Waals surface area contributed by atoms with E-state index in [-0.39, 0.29) is 6.04 Å². The van der Waals surface area contributed by atoms with E-state index >= 15 is 0 Å². The molecular formula is C14H16F3N3. The number of likely N-dealkylation sites (N-methyl/N-ethyl adjacent to an activating group) is 1. The maximum absolute atomic E-state index is 12.8. The lowest BCUT2D eigenvalue weighted by molar-refractivity contribution is -0.137. The molecule has 2 aromatic rings. The van der Waals surface area contributed by atoms with Crippen molar-refractivity contribution in [2.24, 2.45) is 0 Å². The number of aromatic nitrogens is 2. The standard InChI is InChI=1S/C14H16F3N3/c1-2-18-13(10-20-8-4-7-19-20)11-5-3-6-12(9-11)14(15,16)17/h3-9,13,18H,2,10H2,1H3. The first-order valence-corrected chi connectivity index (χ1v) is 6.38. The van der Waals surface area contributed by atoms with Crippen LogP contribution < -0.4 is 5.32 Å². The highest BCUT2D eigenvalue weighted by Gasteiger charge is 2.30. The van der Waals surface area contributed by atoms with E-state index < -0.39 is 11.7 Å². The highest BCUT2D eigenvalue weighted by atomic mass is 19.4. The maximum atomic E-state index is 12.8. The topological polar surface area (TPSA) is 29.9 Å². The third-order valence-electron chi connectivity index (χ3n) is 3.00. The second-order valence-electron chi connectivity index (χ2n) is 4.46. The Morgan fingerprint density at radius 3 is 2.70 bits per heavy atom. The third kappa shape index (κ3) is 3.60. The van der Waals surface area contributed by atoms with Crippen LogP contribution in [0.1, 0.15) is 24.1 Å². The number of hydrogen-bond donors (Lipinski definition) is 1. The zero-order valence-corrected chi connectivity index (χ0v) is 11.1. The predicted octanol–water partition coefficient (Wildman–Crippen LogP) is 3.25. The van der Waals surface area contributed by atoms with Gasteiger partial charge >= 0.3 is 6.18 Å². The number of halogens is 3. The number of nitrogens with zero attached hydrogens (tertiary/aromatic N) is 2. The molecule has 108 valence electrons. The zero-order valence-electron chi connectivity index (χ0n) is 11.1. The van der Waals surface area contributed by atoms with Crippen molar-refractivity contribution in [2.75, 3.05) is 6.54 Å². The molecule has 0 fully saturated rings. The van der Waals surface area contributed by atoms with Crippen molar-refractivity contribution in [2.45, 2.75) is 25.7 Å². The van der Waals surface area contributed by atoms with Crippen LogP contribution in [-0.2, 0) is 12.7 Å². The summed E-state index contributed by atoms with van der Waals surface area (Å²) in [5, 5.41) is 7.28. The number of nitrogens with one attached hydrogen (secondary N) is 1. The summed E-state index contributed by atoms with van der Waals surface area (Å²) in [5.74, 6) is 0. The van der Waals surface area contributed by atoms with Crippen molar-refractivity contribution in [3.05, 3.63) is 53.9 Å². The molecule has 0 saturated heterocycles. The Labute approximate surface area is 115 Å². The summed E-state index contributed by atoms with van der Waals surface area (Å²) in [6, 6.07) is 6.99. The fraction of sp³-hybridized carbons (Fsp3) is 0.357. The van der Waals surface area contributed by atoms with Gasteiger partial charge in [0.05, 0.1) is 18.2 Å². The fourth-order valence-electron chi connectivity index (χ4n) is 2.06. The second kappa shape index (κ2) is 6.09. The molecule has 0 saturated carbocycles. The lowest BCUT2D eigenvalue weighted by Gasteiger charge is -2.19. The first-order chi connectivity index (χ1) is 9.50. The molecule has 2 rings (SSSR count). The molecule has 0 aliphatic carbocycles. The predicted molar refractivity (Wildman–Crippen MR) is 70.1 cm³/mol. The van der Waals surface area contributed by atoms with E-state index in [0.717, 1.165) is 6.07 Å². The third-order valence-corrected chi connectivity index (χ3v) is 3.00. The van der Waals surface area contributed by atoms with E-state index in [1.54, 1.807) is 29.2 Å². The largest absolute Gasteiger partial charge is 0.416 e. The highest BCUT2D eigenvalue weighted by Crippen LogP contribution is 2.31. The van der Waals surface area contributed by atoms with Crippen LogP contribution >= 0.6 is 0 Å². The van der Waals surface area contributed by atoms with Crippen LogP contribution in [0.4, 0.5) is 13.2 Å². The van der Waals surface area contributed by atoms with Gasteiger partial charge in [0.25, 0.3) is 0 Å². The minimum atomic E-state index is -4.32. The SMILES string of the molecule is CCNC(Cn1cccn1)c1cccc(C(F)(F)F)c1. The Morgan fingerprint density at radius 2 is 2.10 bits per heavy atom. The van der Waals surface area contributed by atoms with Crippen LogP contribution in [0.3, 0.4) is 0 Å². The molecule has 1 heterocycles. The Hall–Kier alpha value is -1.82. The summed E-state index contributed by atoms with van der Waals surface area (Å²) in [6.07, 6.45) is -0.883. The molecular weight excluding hydrogens is 267 g/mol. The van der Waals surface area contributed by atoms with Gasteiger partial charge in [-0.3, -0.25) is 4.68 Å². The van der Waals surface area contributed by atoms with Crippen molar-refractivity contribution in [3.8, 4) is 0 Å². The van der Waals surface area contributed by atoms with Crippen LogP contribution in [0.25, 0.3) is 0 Å². The van der Waals surface area contributed by atoms with Gasteiger partial charge in [-0.1, -0.05) is 19.1 Å². The summed E-state index contributed by atoms with van der Waals surface area (Å²) in [6.45, 7) is 3.08. The summed E-state index contributed by atoms with van der Waals surface area (Å²) in [4.78, 5) is 0. The molecule has 0 aliphatic rings. The van der Waals surface area contributed by atoms with Crippen LogP contribution in [0.5, 0.6) is 0 Å². The van der Waals surface area contributed by atoms with Crippen molar-refractivity contribution in [1.82, 2.24) is 15.1 Å². The van der Waals surface area contributed by atoms with Gasteiger partial charge in [-0.15, -0.1) is 0 Å². The minimum Gasteiger partial charge on any atom is -0.309 e. The average molecular weight is 283 g/mol. The van der Waals surface area contributed by atoms with Crippen molar-refractivity contribution >= 4 is 0 Å². The first kappa shape index (κ1) is 14.6. The monoisotopic (exact) mass is 283 g/mol. The lowest BCUT2D eigenvalue weighted by Crippen LogP contribution is -2.26. The van der Waals surface area contributed by atoms with E-state index in [2.05, 4.69) is 10.4 Å². The smallest absolute Gasteiger partial charge is 0.309 e.